The van der Waals surface area contributed by atoms with Gasteiger partial charge in [0.25, 0.3) is 0 Å². The van der Waals surface area contributed by atoms with Gasteiger partial charge in [-0.05, 0) is 23.3 Å². The average molecular weight is 319 g/mol. The summed E-state index contributed by atoms with van der Waals surface area (Å²) in [5.74, 6) is 2.17. The van der Waals surface area contributed by atoms with Gasteiger partial charge >= 0.3 is 0 Å². The number of ether oxygens (including phenoxy) is 2. The molecule has 3 rings (SSSR count). The van der Waals surface area contributed by atoms with Crippen LogP contribution in [0, 0.1) is 5.21 Å². The molecule has 1 aliphatic rings. The number of quaternary nitrogens is 1. The second-order valence-electron chi connectivity index (χ2n) is 5.00. The smallest absolute Gasteiger partial charge is 0.231 e. The summed E-state index contributed by atoms with van der Waals surface area (Å²) in [5, 5.41) is 19.4. The van der Waals surface area contributed by atoms with Crippen LogP contribution in [0.3, 0.4) is 0 Å². The number of benzene rings is 2. The lowest BCUT2D eigenvalue weighted by Crippen LogP contribution is -3.05. The van der Waals surface area contributed by atoms with Crippen LogP contribution in [-0.2, 0) is 5.75 Å². The number of thioether (sulfide) groups is 1. The van der Waals surface area contributed by atoms with Crippen molar-refractivity contribution in [1.29, 1.82) is 0 Å². The Bertz CT molecular complexity index is 621. The number of hydrogen-bond donors (Lipinski definition) is 2. The maximum Gasteiger partial charge on any atom is 0.231 e. The summed E-state index contributed by atoms with van der Waals surface area (Å²) in [7, 11) is 0. The molecular weight excluding hydrogens is 302 g/mol. The van der Waals surface area contributed by atoms with E-state index in [0.717, 1.165) is 11.3 Å². The lowest BCUT2D eigenvalue weighted by Gasteiger charge is -2.21. The SMILES string of the molecule is [O-][NH+](O)CC(SCc1ccccc1)c1ccc2c(c1)OCO2. The Balaban J connectivity index is 1.74. The van der Waals surface area contributed by atoms with Crippen molar-refractivity contribution >= 4 is 11.8 Å². The monoisotopic (exact) mass is 319 g/mol. The fraction of sp³-hybridized carbons (Fsp3) is 0.250. The van der Waals surface area contributed by atoms with Gasteiger partial charge in [-0.25, -0.2) is 10.4 Å². The van der Waals surface area contributed by atoms with Gasteiger partial charge < -0.3 is 14.7 Å². The van der Waals surface area contributed by atoms with Crippen LogP contribution in [0.25, 0.3) is 0 Å². The van der Waals surface area contributed by atoms with Gasteiger partial charge in [0, 0.05) is 5.75 Å². The molecule has 0 bridgehead atoms. The maximum atomic E-state index is 11.2. The van der Waals surface area contributed by atoms with Gasteiger partial charge in [-0.1, -0.05) is 36.4 Å². The molecule has 0 aromatic heterocycles. The zero-order valence-corrected chi connectivity index (χ0v) is 12.7. The van der Waals surface area contributed by atoms with Crippen molar-refractivity contribution < 1.29 is 19.9 Å². The van der Waals surface area contributed by atoms with E-state index < -0.39 is 5.23 Å². The summed E-state index contributed by atoms with van der Waals surface area (Å²) in [6.07, 6.45) is 0. The number of rotatable bonds is 6. The minimum absolute atomic E-state index is 0.0805. The first-order valence-electron chi connectivity index (χ1n) is 6.99. The van der Waals surface area contributed by atoms with Gasteiger partial charge in [0.1, 0.15) is 6.54 Å². The minimum atomic E-state index is -0.803. The van der Waals surface area contributed by atoms with E-state index in [4.69, 9.17) is 14.7 Å². The molecule has 2 unspecified atom stereocenters. The molecule has 22 heavy (non-hydrogen) atoms. The summed E-state index contributed by atoms with van der Waals surface area (Å²) >= 11 is 1.62. The minimum Gasteiger partial charge on any atom is -0.600 e. The van der Waals surface area contributed by atoms with Crippen molar-refractivity contribution in [2.75, 3.05) is 13.3 Å². The van der Waals surface area contributed by atoms with Crippen molar-refractivity contribution in [3.8, 4) is 11.5 Å². The third-order valence-electron chi connectivity index (χ3n) is 3.42. The molecule has 0 saturated heterocycles. The van der Waals surface area contributed by atoms with E-state index in [1.807, 2.05) is 48.5 Å². The van der Waals surface area contributed by atoms with Crippen molar-refractivity contribution in [1.82, 2.24) is 0 Å². The van der Waals surface area contributed by atoms with Crippen LogP contribution >= 0.6 is 11.8 Å². The number of nitrogens with one attached hydrogen (secondary N) is 1. The van der Waals surface area contributed by atoms with E-state index in [-0.39, 0.29) is 18.6 Å². The molecule has 0 saturated carbocycles. The first-order valence-corrected chi connectivity index (χ1v) is 8.04. The second kappa shape index (κ2) is 7.02. The van der Waals surface area contributed by atoms with Crippen molar-refractivity contribution in [2.24, 2.45) is 0 Å². The molecule has 0 amide bonds. The average Bonchev–Trinajstić information content (AvgIpc) is 2.99. The Kier molecular flexibility index (Phi) is 4.84. The molecule has 6 heteroatoms. The van der Waals surface area contributed by atoms with E-state index in [1.54, 1.807) is 11.8 Å². The number of fused-ring (bicyclic) bond motifs is 1. The molecule has 0 spiro atoms. The molecular formula is C16H17NO4S. The predicted octanol–water partition coefficient (Wildman–Crippen LogP) is 2.16. The molecule has 5 nitrogen and oxygen atoms in total. The van der Waals surface area contributed by atoms with Crippen molar-refractivity contribution in [3.63, 3.8) is 0 Å². The van der Waals surface area contributed by atoms with Gasteiger partial charge in [-0.2, -0.15) is 0 Å². The zero-order valence-electron chi connectivity index (χ0n) is 11.9. The third kappa shape index (κ3) is 3.72. The van der Waals surface area contributed by atoms with Gasteiger partial charge in [0.2, 0.25) is 6.79 Å². The largest absolute Gasteiger partial charge is 0.600 e. The summed E-state index contributed by atoms with van der Waals surface area (Å²) in [5.41, 5.74) is 2.14. The Hall–Kier alpha value is -1.73. The molecule has 0 aliphatic carbocycles. The summed E-state index contributed by atoms with van der Waals surface area (Å²) in [6.45, 7) is 0.302. The van der Waals surface area contributed by atoms with Gasteiger partial charge in [-0.3, -0.25) is 0 Å². The van der Waals surface area contributed by atoms with Gasteiger partial charge in [0.05, 0.1) is 5.25 Å². The van der Waals surface area contributed by atoms with E-state index in [9.17, 15) is 5.21 Å². The van der Waals surface area contributed by atoms with Crippen molar-refractivity contribution in [3.05, 3.63) is 64.9 Å². The van der Waals surface area contributed by atoms with E-state index in [1.165, 1.54) is 5.56 Å². The molecule has 2 aromatic carbocycles. The predicted molar refractivity (Wildman–Crippen MR) is 84.0 cm³/mol. The molecule has 2 atom stereocenters. The molecule has 116 valence electrons. The van der Waals surface area contributed by atoms with Crippen LogP contribution in [0.1, 0.15) is 16.4 Å². The lowest BCUT2D eigenvalue weighted by molar-refractivity contribution is -1.05. The fourth-order valence-corrected chi connectivity index (χ4v) is 3.50. The number of hydroxylamine groups is 2. The Morgan fingerprint density at radius 3 is 2.68 bits per heavy atom. The summed E-state index contributed by atoms with van der Waals surface area (Å²) < 4.78 is 10.7. The first-order chi connectivity index (χ1) is 10.7. The fourth-order valence-electron chi connectivity index (χ4n) is 2.32. The van der Waals surface area contributed by atoms with E-state index in [0.29, 0.717) is 11.5 Å². The third-order valence-corrected chi connectivity index (χ3v) is 4.76. The summed E-state index contributed by atoms with van der Waals surface area (Å²) in [6, 6.07) is 15.7. The zero-order chi connectivity index (χ0) is 15.4. The summed E-state index contributed by atoms with van der Waals surface area (Å²) in [4.78, 5) is 0. The highest BCUT2D eigenvalue weighted by atomic mass is 32.2. The molecule has 0 radical (unpaired) electrons. The first kappa shape index (κ1) is 15.2. The molecule has 1 heterocycles. The lowest BCUT2D eigenvalue weighted by atomic mass is 10.1. The molecule has 0 fully saturated rings. The Labute approximate surface area is 133 Å². The highest BCUT2D eigenvalue weighted by molar-refractivity contribution is 7.98. The Morgan fingerprint density at radius 1 is 1.14 bits per heavy atom. The molecule has 2 N–H and O–H groups in total. The second-order valence-corrected chi connectivity index (χ2v) is 6.19. The maximum absolute atomic E-state index is 11.2. The topological polar surface area (TPSA) is 66.2 Å². The van der Waals surface area contributed by atoms with Crippen LogP contribution < -0.4 is 14.7 Å². The normalized spacial score (nSPS) is 15.5. The molecule has 1 aliphatic heterocycles. The highest BCUT2D eigenvalue weighted by Gasteiger charge is 2.20. The highest BCUT2D eigenvalue weighted by Crippen LogP contribution is 2.38. The van der Waals surface area contributed by atoms with Gasteiger partial charge in [0.15, 0.2) is 11.5 Å². The van der Waals surface area contributed by atoms with Crippen molar-refractivity contribution in [2.45, 2.75) is 11.0 Å². The van der Waals surface area contributed by atoms with Crippen LogP contribution in [0.2, 0.25) is 0 Å². The van der Waals surface area contributed by atoms with E-state index in [2.05, 4.69) is 0 Å². The number of hydrogen-bond acceptors (Lipinski definition) is 5. The van der Waals surface area contributed by atoms with Crippen LogP contribution in [0.5, 0.6) is 11.5 Å². The standard InChI is InChI=1S/C16H17NO4S/c18-17(19)9-16(22-10-12-4-2-1-3-5-12)13-6-7-14-15(8-13)21-11-20-14/h1-8,16-18H,9-11H2. The quantitative estimate of drug-likeness (QED) is 0.799. The van der Waals surface area contributed by atoms with Crippen LogP contribution in [0.4, 0.5) is 0 Å². The van der Waals surface area contributed by atoms with Crippen LogP contribution in [-0.4, -0.2) is 18.5 Å². The molecule has 2 aromatic rings. The van der Waals surface area contributed by atoms with Gasteiger partial charge in [-0.15, -0.1) is 11.8 Å². The Morgan fingerprint density at radius 2 is 1.91 bits per heavy atom. The van der Waals surface area contributed by atoms with E-state index >= 15 is 0 Å². The van der Waals surface area contributed by atoms with Crippen LogP contribution in [0.15, 0.2) is 48.5 Å².